The molecule has 1 heterocycles. The summed E-state index contributed by atoms with van der Waals surface area (Å²) in [7, 11) is 3.14. The Bertz CT molecular complexity index is 1550. The molecular formula is C29H28N4O5. The zero-order chi connectivity index (χ0) is 26.9. The minimum absolute atomic E-state index is 0.366. The van der Waals surface area contributed by atoms with Gasteiger partial charge in [-0.2, -0.15) is 0 Å². The Balaban J connectivity index is 1.55. The van der Waals surface area contributed by atoms with Gasteiger partial charge in [0.25, 0.3) is 0 Å². The summed E-state index contributed by atoms with van der Waals surface area (Å²) in [4.78, 5) is 29.3. The van der Waals surface area contributed by atoms with Crippen LogP contribution in [-0.4, -0.2) is 31.0 Å². The molecule has 0 saturated heterocycles. The fourth-order valence-electron chi connectivity index (χ4n) is 4.42. The first-order chi connectivity index (χ1) is 18.4. The first-order valence-corrected chi connectivity index (χ1v) is 12.1. The van der Waals surface area contributed by atoms with E-state index in [2.05, 4.69) is 10.3 Å². The molecule has 4 aromatic rings. The maximum Gasteiger partial charge on any atom is 0.240 e. The third kappa shape index (κ3) is 4.59. The van der Waals surface area contributed by atoms with Crippen LogP contribution < -0.4 is 31.0 Å². The van der Waals surface area contributed by atoms with Gasteiger partial charge in [0.1, 0.15) is 16.9 Å². The van der Waals surface area contributed by atoms with Crippen molar-refractivity contribution in [2.24, 2.45) is 16.9 Å². The van der Waals surface area contributed by atoms with Crippen LogP contribution in [0.15, 0.2) is 66.9 Å². The van der Waals surface area contributed by atoms with E-state index in [-0.39, 0.29) is 0 Å². The van der Waals surface area contributed by atoms with Gasteiger partial charge in [-0.15, -0.1) is 0 Å². The van der Waals surface area contributed by atoms with E-state index in [1.165, 1.54) is 0 Å². The van der Waals surface area contributed by atoms with Gasteiger partial charge in [0.05, 0.1) is 19.7 Å². The van der Waals surface area contributed by atoms with Crippen LogP contribution in [0.5, 0.6) is 23.0 Å². The van der Waals surface area contributed by atoms with E-state index < -0.39 is 17.2 Å². The number of amides is 2. The zero-order valence-corrected chi connectivity index (χ0v) is 21.1. The minimum atomic E-state index is -1.15. The number of ether oxygens (including phenoxy) is 3. The molecule has 0 radical (unpaired) electrons. The predicted octanol–water partition coefficient (Wildman–Crippen LogP) is 4.37. The van der Waals surface area contributed by atoms with Crippen LogP contribution in [0.3, 0.4) is 0 Å². The summed E-state index contributed by atoms with van der Waals surface area (Å²) in [6.07, 6.45) is 2.54. The number of hydrogen-bond acceptors (Lipinski definition) is 7. The van der Waals surface area contributed by atoms with Crippen LogP contribution in [-0.2, 0) is 16.1 Å². The number of fused-ring (bicyclic) bond motifs is 1. The van der Waals surface area contributed by atoms with Gasteiger partial charge in [-0.25, -0.2) is 0 Å². The van der Waals surface area contributed by atoms with Gasteiger partial charge < -0.3 is 31.0 Å². The van der Waals surface area contributed by atoms with Gasteiger partial charge in [0, 0.05) is 35.4 Å². The molecule has 1 saturated carbocycles. The molecule has 5 N–H and O–H groups in total. The largest absolute Gasteiger partial charge is 0.493 e. The number of nitrogens with one attached hydrogen (secondary N) is 1. The smallest absolute Gasteiger partial charge is 0.240 e. The average Bonchev–Trinajstić information content (AvgIpc) is 3.76. The van der Waals surface area contributed by atoms with Crippen molar-refractivity contribution in [3.05, 3.63) is 72.4 Å². The maximum atomic E-state index is 13.0. The number of carbonyl (C=O) groups is 2. The summed E-state index contributed by atoms with van der Waals surface area (Å²) >= 11 is 0. The Labute approximate surface area is 219 Å². The molecule has 38 heavy (non-hydrogen) atoms. The van der Waals surface area contributed by atoms with Crippen LogP contribution in [0.1, 0.15) is 18.4 Å². The molecule has 5 rings (SSSR count). The SMILES string of the molecule is COc1cc2nccc(Oc3ccc(NC(=O)C4(C(N)=O)CC4)c(-c4cccc(CN)c4)c3)c2cc1OC. The standard InChI is InChI=1S/C29H28N4O5/c1-36-25-14-21-23(15-26(25)37-2)32-11-8-24(21)38-19-6-7-22(33-28(35)29(9-10-29)27(31)34)20(13-19)18-5-3-4-17(12-18)16-30/h3-8,11-15H,9-10,16,30H2,1-2H3,(H2,31,34)(H,33,35). The number of carbonyl (C=O) groups excluding carboxylic acids is 2. The number of pyridine rings is 1. The molecule has 0 bridgehead atoms. The first kappa shape index (κ1) is 25.0. The Morgan fingerprint density at radius 3 is 2.42 bits per heavy atom. The summed E-state index contributed by atoms with van der Waals surface area (Å²) in [5.74, 6) is 1.21. The van der Waals surface area contributed by atoms with Crippen molar-refractivity contribution in [3.63, 3.8) is 0 Å². The molecule has 194 valence electrons. The molecule has 9 heteroatoms. The Morgan fingerprint density at radius 1 is 0.974 bits per heavy atom. The van der Waals surface area contributed by atoms with E-state index >= 15 is 0 Å². The lowest BCUT2D eigenvalue weighted by atomic mass is 9.99. The molecule has 1 fully saturated rings. The lowest BCUT2D eigenvalue weighted by Crippen LogP contribution is -2.36. The van der Waals surface area contributed by atoms with Crippen molar-refractivity contribution >= 4 is 28.4 Å². The summed E-state index contributed by atoms with van der Waals surface area (Å²) < 4.78 is 17.2. The highest BCUT2D eigenvalue weighted by molar-refractivity contribution is 6.13. The lowest BCUT2D eigenvalue weighted by molar-refractivity contribution is -0.132. The second-order valence-electron chi connectivity index (χ2n) is 9.15. The van der Waals surface area contributed by atoms with E-state index in [1.807, 2.05) is 36.4 Å². The van der Waals surface area contributed by atoms with Gasteiger partial charge in [0.15, 0.2) is 11.5 Å². The minimum Gasteiger partial charge on any atom is -0.493 e. The number of nitrogens with zero attached hydrogens (tertiary/aromatic N) is 1. The van der Waals surface area contributed by atoms with Crippen molar-refractivity contribution in [1.82, 2.24) is 4.98 Å². The molecule has 0 atom stereocenters. The van der Waals surface area contributed by atoms with Gasteiger partial charge in [-0.05, 0) is 60.4 Å². The van der Waals surface area contributed by atoms with Crippen LogP contribution in [0.4, 0.5) is 5.69 Å². The molecular weight excluding hydrogens is 484 g/mol. The van der Waals surface area contributed by atoms with E-state index in [9.17, 15) is 9.59 Å². The van der Waals surface area contributed by atoms with Crippen molar-refractivity contribution in [3.8, 4) is 34.1 Å². The first-order valence-electron chi connectivity index (χ1n) is 12.1. The summed E-state index contributed by atoms with van der Waals surface area (Å²) in [5, 5.41) is 3.65. The lowest BCUT2D eigenvalue weighted by Gasteiger charge is -2.17. The number of hydrogen-bond donors (Lipinski definition) is 3. The highest BCUT2D eigenvalue weighted by Gasteiger charge is 2.55. The van der Waals surface area contributed by atoms with Gasteiger partial charge in [-0.3, -0.25) is 14.6 Å². The predicted molar refractivity (Wildman–Crippen MR) is 144 cm³/mol. The van der Waals surface area contributed by atoms with Crippen LogP contribution in [0.25, 0.3) is 22.0 Å². The van der Waals surface area contributed by atoms with Gasteiger partial charge in [0.2, 0.25) is 11.8 Å². The summed E-state index contributed by atoms with van der Waals surface area (Å²) in [5.41, 5.74) is 13.9. The number of benzene rings is 3. The molecule has 0 unspecified atom stereocenters. The quantitative estimate of drug-likeness (QED) is 0.283. The highest BCUT2D eigenvalue weighted by Crippen LogP contribution is 2.47. The second kappa shape index (κ2) is 10.0. The van der Waals surface area contributed by atoms with Crippen molar-refractivity contribution in [2.75, 3.05) is 19.5 Å². The summed E-state index contributed by atoms with van der Waals surface area (Å²) in [6.45, 7) is 0.366. The molecule has 9 nitrogen and oxygen atoms in total. The Hall–Kier alpha value is -4.63. The third-order valence-electron chi connectivity index (χ3n) is 6.80. The molecule has 0 aliphatic heterocycles. The zero-order valence-electron chi connectivity index (χ0n) is 21.1. The van der Waals surface area contributed by atoms with Crippen LogP contribution in [0, 0.1) is 5.41 Å². The molecule has 1 aliphatic carbocycles. The van der Waals surface area contributed by atoms with Crippen molar-refractivity contribution in [2.45, 2.75) is 19.4 Å². The van der Waals surface area contributed by atoms with Crippen LogP contribution >= 0.6 is 0 Å². The molecule has 3 aromatic carbocycles. The molecule has 1 aliphatic rings. The number of methoxy groups -OCH3 is 2. The number of aromatic nitrogens is 1. The molecule has 2 amide bonds. The molecule has 1 aromatic heterocycles. The average molecular weight is 513 g/mol. The van der Waals surface area contributed by atoms with Crippen molar-refractivity contribution < 1.29 is 23.8 Å². The molecule has 0 spiro atoms. The summed E-state index contributed by atoms with van der Waals surface area (Å²) in [6, 6.07) is 18.4. The third-order valence-corrected chi connectivity index (χ3v) is 6.80. The highest BCUT2D eigenvalue weighted by atomic mass is 16.5. The van der Waals surface area contributed by atoms with Crippen LogP contribution in [0.2, 0.25) is 0 Å². The Morgan fingerprint density at radius 2 is 1.74 bits per heavy atom. The van der Waals surface area contributed by atoms with Gasteiger partial charge >= 0.3 is 0 Å². The van der Waals surface area contributed by atoms with E-state index in [1.54, 1.807) is 44.7 Å². The van der Waals surface area contributed by atoms with Crippen molar-refractivity contribution in [1.29, 1.82) is 0 Å². The fraction of sp³-hybridized carbons (Fsp3) is 0.207. The fourth-order valence-corrected chi connectivity index (χ4v) is 4.42. The number of nitrogens with two attached hydrogens (primary N) is 2. The topological polar surface area (TPSA) is 139 Å². The maximum absolute atomic E-state index is 13.0. The Kier molecular flexibility index (Phi) is 6.61. The second-order valence-corrected chi connectivity index (χ2v) is 9.15. The van der Waals surface area contributed by atoms with E-state index in [0.29, 0.717) is 59.2 Å². The van der Waals surface area contributed by atoms with E-state index in [0.717, 1.165) is 16.5 Å². The monoisotopic (exact) mass is 512 g/mol. The van der Waals surface area contributed by atoms with E-state index in [4.69, 9.17) is 25.7 Å². The van der Waals surface area contributed by atoms with Gasteiger partial charge in [-0.1, -0.05) is 18.2 Å². The number of rotatable bonds is 9. The number of anilines is 1. The number of primary amides is 1. The normalized spacial score (nSPS) is 13.6.